The van der Waals surface area contributed by atoms with Crippen LogP contribution in [-0.4, -0.2) is 26.4 Å². The third-order valence-electron chi connectivity index (χ3n) is 3.69. The molecule has 1 aromatic heterocycles. The maximum absolute atomic E-state index is 12.1. The number of aryl methyl sites for hydroxylation is 1. The summed E-state index contributed by atoms with van der Waals surface area (Å²) in [5.41, 5.74) is 1.63. The zero-order valence-electron chi connectivity index (χ0n) is 12.6. The lowest BCUT2D eigenvalue weighted by Crippen LogP contribution is -2.11. The normalized spacial score (nSPS) is 10.8. The molecular formula is C17H18N4O2. The van der Waals surface area contributed by atoms with Crippen LogP contribution in [0.4, 0.5) is 5.69 Å². The molecular weight excluding hydrogens is 292 g/mol. The van der Waals surface area contributed by atoms with E-state index in [1.54, 1.807) is 18.3 Å². The number of carbonyl (C=O) groups excluding carboxylic acids is 1. The molecule has 6 heteroatoms. The third-order valence-corrected chi connectivity index (χ3v) is 3.69. The van der Waals surface area contributed by atoms with Gasteiger partial charge in [0.2, 0.25) is 5.91 Å². The van der Waals surface area contributed by atoms with E-state index in [1.807, 2.05) is 24.3 Å². The van der Waals surface area contributed by atoms with Crippen LogP contribution in [0, 0.1) is 0 Å². The molecule has 0 saturated carbocycles. The summed E-state index contributed by atoms with van der Waals surface area (Å²) in [6.07, 6.45) is 4.63. The summed E-state index contributed by atoms with van der Waals surface area (Å²) >= 11 is 0. The van der Waals surface area contributed by atoms with Gasteiger partial charge in [-0.2, -0.15) is 15.4 Å². The molecule has 1 heterocycles. The molecule has 0 aliphatic carbocycles. The Bertz CT molecular complexity index is 799. The van der Waals surface area contributed by atoms with E-state index in [0.717, 1.165) is 41.4 Å². The number of carbonyl (C=O) groups is 1. The molecule has 0 aliphatic heterocycles. The Morgan fingerprint density at radius 1 is 1.22 bits per heavy atom. The van der Waals surface area contributed by atoms with Gasteiger partial charge in [0.25, 0.3) is 0 Å². The molecule has 0 radical (unpaired) electrons. The summed E-state index contributed by atoms with van der Waals surface area (Å²) in [6.45, 7) is 0. The number of nitrogens with one attached hydrogen (secondary N) is 2. The Morgan fingerprint density at radius 2 is 2.13 bits per heavy atom. The zero-order valence-corrected chi connectivity index (χ0v) is 12.6. The van der Waals surface area contributed by atoms with Crippen molar-refractivity contribution in [1.29, 1.82) is 0 Å². The average Bonchev–Trinajstić information content (AvgIpc) is 3.05. The molecule has 0 atom stereocenters. The first kappa shape index (κ1) is 15.0. The highest BCUT2D eigenvalue weighted by atomic mass is 16.3. The number of fused-ring (bicyclic) bond motifs is 1. The van der Waals surface area contributed by atoms with Crippen LogP contribution >= 0.6 is 0 Å². The smallest absolute Gasteiger partial charge is 0.224 e. The summed E-state index contributed by atoms with van der Waals surface area (Å²) in [6, 6.07) is 10.8. The lowest BCUT2D eigenvalue weighted by Gasteiger charge is -2.09. The number of nitrogens with zero attached hydrogens (tertiary/aromatic N) is 2. The van der Waals surface area contributed by atoms with Crippen molar-refractivity contribution in [3.63, 3.8) is 0 Å². The van der Waals surface area contributed by atoms with Crippen molar-refractivity contribution in [3.8, 4) is 5.75 Å². The Hall–Kier alpha value is -2.89. The van der Waals surface area contributed by atoms with Gasteiger partial charge in [0, 0.05) is 17.5 Å². The van der Waals surface area contributed by atoms with Crippen molar-refractivity contribution in [1.82, 2.24) is 15.4 Å². The van der Waals surface area contributed by atoms with Crippen molar-refractivity contribution >= 4 is 22.4 Å². The third kappa shape index (κ3) is 3.85. The number of phenolic OH excluding ortho intramolecular Hbond substituents is 1. The summed E-state index contributed by atoms with van der Waals surface area (Å²) in [5, 5.41) is 24.7. The SMILES string of the molecule is O=C(CCCCc1cn[nH]n1)Nc1cccc2ccc(O)cc12. The summed E-state index contributed by atoms with van der Waals surface area (Å²) in [4.78, 5) is 12.1. The first-order chi connectivity index (χ1) is 11.2. The van der Waals surface area contributed by atoms with Crippen molar-refractivity contribution in [2.75, 3.05) is 5.32 Å². The largest absolute Gasteiger partial charge is 0.508 e. The predicted molar refractivity (Wildman–Crippen MR) is 88.2 cm³/mol. The van der Waals surface area contributed by atoms with Crippen LogP contribution in [0.15, 0.2) is 42.6 Å². The van der Waals surface area contributed by atoms with Crippen LogP contribution in [0.5, 0.6) is 5.75 Å². The van der Waals surface area contributed by atoms with E-state index in [-0.39, 0.29) is 11.7 Å². The fourth-order valence-corrected chi connectivity index (χ4v) is 2.52. The molecule has 0 aliphatic rings. The highest BCUT2D eigenvalue weighted by Crippen LogP contribution is 2.27. The van der Waals surface area contributed by atoms with Gasteiger partial charge < -0.3 is 10.4 Å². The second-order valence-electron chi connectivity index (χ2n) is 5.43. The number of hydrogen-bond donors (Lipinski definition) is 3. The van der Waals surface area contributed by atoms with Crippen LogP contribution in [0.25, 0.3) is 10.8 Å². The first-order valence-corrected chi connectivity index (χ1v) is 7.58. The number of phenols is 1. The molecule has 3 N–H and O–H groups in total. The molecule has 6 nitrogen and oxygen atoms in total. The van der Waals surface area contributed by atoms with Gasteiger partial charge in [-0.1, -0.05) is 18.2 Å². The molecule has 2 aromatic carbocycles. The average molecular weight is 310 g/mol. The van der Waals surface area contributed by atoms with Gasteiger partial charge in [-0.25, -0.2) is 0 Å². The lowest BCUT2D eigenvalue weighted by atomic mass is 10.1. The number of aromatic nitrogens is 3. The van der Waals surface area contributed by atoms with Gasteiger partial charge in [0.1, 0.15) is 5.75 Å². The minimum atomic E-state index is -0.0269. The van der Waals surface area contributed by atoms with E-state index in [4.69, 9.17) is 0 Å². The van der Waals surface area contributed by atoms with Crippen molar-refractivity contribution in [2.45, 2.75) is 25.7 Å². The van der Waals surface area contributed by atoms with Crippen LogP contribution in [-0.2, 0) is 11.2 Å². The quantitative estimate of drug-likeness (QED) is 0.610. The topological polar surface area (TPSA) is 90.9 Å². The van der Waals surface area contributed by atoms with Crippen molar-refractivity contribution < 1.29 is 9.90 Å². The molecule has 23 heavy (non-hydrogen) atoms. The number of amides is 1. The zero-order chi connectivity index (χ0) is 16.1. The lowest BCUT2D eigenvalue weighted by molar-refractivity contribution is -0.116. The minimum Gasteiger partial charge on any atom is -0.508 e. The molecule has 0 unspecified atom stereocenters. The van der Waals surface area contributed by atoms with E-state index < -0.39 is 0 Å². The van der Waals surface area contributed by atoms with E-state index in [1.165, 1.54) is 0 Å². The van der Waals surface area contributed by atoms with Crippen LogP contribution in [0.2, 0.25) is 0 Å². The summed E-state index contributed by atoms with van der Waals surface area (Å²) in [5.74, 6) is 0.160. The van der Waals surface area contributed by atoms with Crippen LogP contribution in [0.3, 0.4) is 0 Å². The summed E-state index contributed by atoms with van der Waals surface area (Å²) in [7, 11) is 0. The van der Waals surface area contributed by atoms with E-state index in [0.29, 0.717) is 6.42 Å². The van der Waals surface area contributed by atoms with Gasteiger partial charge in [-0.3, -0.25) is 4.79 Å². The van der Waals surface area contributed by atoms with Crippen molar-refractivity contribution in [3.05, 3.63) is 48.3 Å². The minimum absolute atomic E-state index is 0.0269. The Balaban J connectivity index is 1.56. The standard InChI is InChI=1S/C17H18N4O2/c22-14-9-8-12-4-3-6-16(15(12)10-14)19-17(23)7-2-1-5-13-11-18-21-20-13/h3-4,6,8-11,22H,1-2,5,7H2,(H,19,23)(H,18,20,21). The van der Waals surface area contributed by atoms with Gasteiger partial charge in [-0.05, 0) is 42.8 Å². The second-order valence-corrected chi connectivity index (χ2v) is 5.43. The maximum Gasteiger partial charge on any atom is 0.224 e. The summed E-state index contributed by atoms with van der Waals surface area (Å²) < 4.78 is 0. The molecule has 1 amide bonds. The van der Waals surface area contributed by atoms with Gasteiger partial charge in [0.05, 0.1) is 11.9 Å². The van der Waals surface area contributed by atoms with Gasteiger partial charge >= 0.3 is 0 Å². The Kier molecular flexibility index (Phi) is 4.52. The molecule has 3 aromatic rings. The van der Waals surface area contributed by atoms with E-state index in [9.17, 15) is 9.90 Å². The molecule has 3 rings (SSSR count). The number of anilines is 1. The van der Waals surface area contributed by atoms with Crippen molar-refractivity contribution in [2.24, 2.45) is 0 Å². The highest BCUT2D eigenvalue weighted by Gasteiger charge is 2.07. The molecule has 0 bridgehead atoms. The fourth-order valence-electron chi connectivity index (χ4n) is 2.52. The van der Waals surface area contributed by atoms with Crippen LogP contribution in [0.1, 0.15) is 25.0 Å². The van der Waals surface area contributed by atoms with E-state index in [2.05, 4.69) is 20.7 Å². The highest BCUT2D eigenvalue weighted by molar-refractivity contribution is 6.02. The number of aromatic amines is 1. The number of H-pyrrole nitrogens is 1. The molecule has 0 saturated heterocycles. The fraction of sp³-hybridized carbons (Fsp3) is 0.235. The first-order valence-electron chi connectivity index (χ1n) is 7.58. The number of hydrogen-bond acceptors (Lipinski definition) is 4. The number of unbranched alkanes of at least 4 members (excludes halogenated alkanes) is 1. The van der Waals surface area contributed by atoms with Gasteiger partial charge in [0.15, 0.2) is 0 Å². The Labute approximate surface area is 133 Å². The van der Waals surface area contributed by atoms with Crippen LogP contribution < -0.4 is 5.32 Å². The molecule has 118 valence electrons. The number of aromatic hydroxyl groups is 1. The predicted octanol–water partition coefficient (Wildman–Crippen LogP) is 3.02. The number of rotatable bonds is 6. The Morgan fingerprint density at radius 3 is 2.96 bits per heavy atom. The maximum atomic E-state index is 12.1. The monoisotopic (exact) mass is 310 g/mol. The second kappa shape index (κ2) is 6.91. The molecule has 0 fully saturated rings. The van der Waals surface area contributed by atoms with E-state index >= 15 is 0 Å². The number of benzene rings is 2. The van der Waals surface area contributed by atoms with Gasteiger partial charge in [-0.15, -0.1) is 0 Å². The molecule has 0 spiro atoms.